The quantitative estimate of drug-likeness (QED) is 0.533. The number of nitro groups is 1. The lowest BCUT2D eigenvalue weighted by atomic mass is 9.91. The molecule has 4 N–H and O–H groups in total. The molecule has 0 unspecified atom stereocenters. The summed E-state index contributed by atoms with van der Waals surface area (Å²) in [7, 11) is 0. The number of carbonyl (C=O) groups excluding carboxylic acids is 1. The summed E-state index contributed by atoms with van der Waals surface area (Å²) in [6.07, 6.45) is 6.51. The van der Waals surface area contributed by atoms with Crippen LogP contribution in [0.15, 0.2) is 36.7 Å². The summed E-state index contributed by atoms with van der Waals surface area (Å²) in [4.78, 5) is 30.1. The van der Waals surface area contributed by atoms with Gasteiger partial charge in [0.15, 0.2) is 0 Å². The zero-order chi connectivity index (χ0) is 18.5. The Labute approximate surface area is 150 Å². The third-order valence-electron chi connectivity index (χ3n) is 4.43. The number of carbonyl (C=O) groups is 1. The highest BCUT2D eigenvalue weighted by Crippen LogP contribution is 2.26. The average molecular weight is 356 g/mol. The molecule has 1 amide bonds. The van der Waals surface area contributed by atoms with Crippen LogP contribution in [0.4, 0.5) is 17.3 Å². The zero-order valence-electron chi connectivity index (χ0n) is 14.1. The minimum Gasteiger partial charge on any atom is -0.367 e. The largest absolute Gasteiger partial charge is 0.367 e. The van der Waals surface area contributed by atoms with Gasteiger partial charge in [0.2, 0.25) is 0 Å². The van der Waals surface area contributed by atoms with Crippen LogP contribution in [0.1, 0.15) is 36.0 Å². The molecule has 1 fully saturated rings. The van der Waals surface area contributed by atoms with Crippen molar-refractivity contribution >= 4 is 23.2 Å². The van der Waals surface area contributed by atoms with Crippen LogP contribution in [0.3, 0.4) is 0 Å². The van der Waals surface area contributed by atoms with E-state index in [1.54, 1.807) is 6.20 Å². The molecule has 0 atom stereocenters. The van der Waals surface area contributed by atoms with Crippen molar-refractivity contribution in [3.8, 4) is 0 Å². The molecule has 26 heavy (non-hydrogen) atoms. The van der Waals surface area contributed by atoms with E-state index in [0.29, 0.717) is 11.9 Å². The van der Waals surface area contributed by atoms with Gasteiger partial charge < -0.3 is 16.4 Å². The summed E-state index contributed by atoms with van der Waals surface area (Å²) < 4.78 is 0. The maximum Gasteiger partial charge on any atom is 0.288 e. The summed E-state index contributed by atoms with van der Waals surface area (Å²) in [5, 5.41) is 17.5. The number of hydrogen-bond donors (Lipinski definition) is 3. The van der Waals surface area contributed by atoms with Crippen molar-refractivity contribution < 1.29 is 9.72 Å². The summed E-state index contributed by atoms with van der Waals surface area (Å²) in [5.74, 6) is 0.412. The van der Waals surface area contributed by atoms with Crippen LogP contribution in [-0.4, -0.2) is 32.9 Å². The van der Waals surface area contributed by atoms with Gasteiger partial charge in [-0.05, 0) is 37.8 Å². The topological polar surface area (TPSA) is 136 Å². The number of rotatable bonds is 6. The molecule has 0 aromatic carbocycles. The van der Waals surface area contributed by atoms with Gasteiger partial charge in [-0.2, -0.15) is 0 Å². The number of nitrogens with one attached hydrogen (secondary N) is 2. The standard InChI is InChI=1S/C17H20N6O3/c18-16(24)14-9-13(23(25)26)10-20-17(14)22-12-6-4-11(5-7-12)21-15-3-1-2-8-19-15/h1-3,8-12H,4-7H2,(H2,18,24)(H,19,21)(H,20,22). The lowest BCUT2D eigenvalue weighted by Gasteiger charge is -2.30. The predicted molar refractivity (Wildman–Crippen MR) is 96.9 cm³/mol. The second kappa shape index (κ2) is 7.77. The second-order valence-corrected chi connectivity index (χ2v) is 6.26. The minimum atomic E-state index is -0.741. The van der Waals surface area contributed by atoms with Gasteiger partial charge in [-0.15, -0.1) is 0 Å². The highest BCUT2D eigenvalue weighted by atomic mass is 16.6. The molecule has 1 aliphatic rings. The average Bonchev–Trinajstić information content (AvgIpc) is 2.64. The summed E-state index contributed by atoms with van der Waals surface area (Å²) >= 11 is 0. The van der Waals surface area contributed by atoms with Crippen LogP contribution in [0.25, 0.3) is 0 Å². The van der Waals surface area contributed by atoms with Gasteiger partial charge in [0.25, 0.3) is 11.6 Å². The molecule has 0 bridgehead atoms. The van der Waals surface area contributed by atoms with Crippen molar-refractivity contribution in [1.29, 1.82) is 0 Å². The number of aromatic nitrogens is 2. The molecule has 0 radical (unpaired) electrons. The predicted octanol–water partition coefficient (Wildman–Crippen LogP) is 2.32. The summed E-state index contributed by atoms with van der Waals surface area (Å²) in [6.45, 7) is 0. The first-order chi connectivity index (χ1) is 12.5. The minimum absolute atomic E-state index is 0.0351. The van der Waals surface area contributed by atoms with Crippen LogP contribution < -0.4 is 16.4 Å². The molecule has 2 heterocycles. The Balaban J connectivity index is 1.61. The monoisotopic (exact) mass is 356 g/mol. The van der Waals surface area contributed by atoms with Crippen molar-refractivity contribution in [3.63, 3.8) is 0 Å². The van der Waals surface area contributed by atoms with Gasteiger partial charge in [0, 0.05) is 24.3 Å². The summed E-state index contributed by atoms with van der Waals surface area (Å²) in [5.41, 5.74) is 5.12. The highest BCUT2D eigenvalue weighted by Gasteiger charge is 2.24. The van der Waals surface area contributed by atoms with E-state index in [9.17, 15) is 14.9 Å². The summed E-state index contributed by atoms with van der Waals surface area (Å²) in [6, 6.07) is 7.37. The van der Waals surface area contributed by atoms with E-state index >= 15 is 0 Å². The molecular weight excluding hydrogens is 336 g/mol. The Hall–Kier alpha value is -3.23. The van der Waals surface area contributed by atoms with Crippen LogP contribution in [0, 0.1) is 10.1 Å². The number of primary amides is 1. The zero-order valence-corrected chi connectivity index (χ0v) is 14.1. The Bertz CT molecular complexity index is 790. The van der Waals surface area contributed by atoms with Crippen LogP contribution in [0.2, 0.25) is 0 Å². The van der Waals surface area contributed by atoms with Gasteiger partial charge in [0.05, 0.1) is 10.5 Å². The molecule has 1 saturated carbocycles. The van der Waals surface area contributed by atoms with Crippen LogP contribution in [0.5, 0.6) is 0 Å². The van der Waals surface area contributed by atoms with E-state index in [4.69, 9.17) is 5.73 Å². The molecular formula is C17H20N6O3. The number of nitrogens with two attached hydrogens (primary N) is 1. The van der Waals surface area contributed by atoms with Gasteiger partial charge in [-0.1, -0.05) is 6.07 Å². The van der Waals surface area contributed by atoms with Crippen molar-refractivity contribution in [2.75, 3.05) is 10.6 Å². The number of amides is 1. The molecule has 1 aliphatic carbocycles. The molecule has 0 aliphatic heterocycles. The first-order valence-electron chi connectivity index (χ1n) is 8.41. The Morgan fingerprint density at radius 3 is 2.42 bits per heavy atom. The van der Waals surface area contributed by atoms with Crippen molar-refractivity contribution in [1.82, 2.24) is 9.97 Å². The smallest absolute Gasteiger partial charge is 0.288 e. The van der Waals surface area contributed by atoms with Crippen molar-refractivity contribution in [3.05, 3.63) is 52.3 Å². The molecule has 0 saturated heterocycles. The van der Waals surface area contributed by atoms with Gasteiger partial charge in [-0.3, -0.25) is 14.9 Å². The molecule has 9 nitrogen and oxygen atoms in total. The fourth-order valence-electron chi connectivity index (χ4n) is 3.09. The van der Waals surface area contributed by atoms with Crippen LogP contribution >= 0.6 is 0 Å². The lowest BCUT2D eigenvalue weighted by Crippen LogP contribution is -2.33. The van der Waals surface area contributed by atoms with Gasteiger partial charge >= 0.3 is 0 Å². The first kappa shape index (κ1) is 17.6. The molecule has 9 heteroatoms. The fraction of sp³-hybridized carbons (Fsp3) is 0.353. The number of pyridine rings is 2. The SMILES string of the molecule is NC(=O)c1cc([N+](=O)[O-])cnc1NC1CCC(Nc2ccccn2)CC1. The third-order valence-corrected chi connectivity index (χ3v) is 4.43. The second-order valence-electron chi connectivity index (χ2n) is 6.26. The van der Waals surface area contributed by atoms with E-state index in [1.165, 1.54) is 0 Å². The normalized spacial score (nSPS) is 19.5. The van der Waals surface area contributed by atoms with E-state index < -0.39 is 10.8 Å². The fourth-order valence-corrected chi connectivity index (χ4v) is 3.09. The van der Waals surface area contributed by atoms with Gasteiger partial charge in [0.1, 0.15) is 17.8 Å². The number of nitrogens with zero attached hydrogens (tertiary/aromatic N) is 3. The molecule has 0 spiro atoms. The van der Waals surface area contributed by atoms with Crippen molar-refractivity contribution in [2.24, 2.45) is 5.73 Å². The Morgan fingerprint density at radius 2 is 1.85 bits per heavy atom. The van der Waals surface area contributed by atoms with E-state index in [0.717, 1.165) is 43.8 Å². The molecule has 2 aromatic heterocycles. The number of hydrogen-bond acceptors (Lipinski definition) is 7. The van der Waals surface area contributed by atoms with Crippen LogP contribution in [-0.2, 0) is 0 Å². The van der Waals surface area contributed by atoms with Crippen molar-refractivity contribution in [2.45, 2.75) is 37.8 Å². The maximum absolute atomic E-state index is 11.6. The van der Waals surface area contributed by atoms with Gasteiger partial charge in [-0.25, -0.2) is 9.97 Å². The Morgan fingerprint density at radius 1 is 1.15 bits per heavy atom. The third kappa shape index (κ3) is 4.24. The molecule has 3 rings (SSSR count). The van der Waals surface area contributed by atoms with E-state index in [-0.39, 0.29) is 17.3 Å². The number of anilines is 2. The lowest BCUT2D eigenvalue weighted by molar-refractivity contribution is -0.385. The first-order valence-corrected chi connectivity index (χ1v) is 8.41. The molecule has 136 valence electrons. The Kier molecular flexibility index (Phi) is 5.26. The van der Waals surface area contributed by atoms with E-state index in [2.05, 4.69) is 20.6 Å². The highest BCUT2D eigenvalue weighted by molar-refractivity contribution is 5.98. The van der Waals surface area contributed by atoms with E-state index in [1.807, 2.05) is 18.2 Å². The molecule has 2 aromatic rings. The maximum atomic E-state index is 11.6.